The highest BCUT2D eigenvalue weighted by Crippen LogP contribution is 2.33. The van der Waals surface area contributed by atoms with Crippen molar-refractivity contribution < 1.29 is 0 Å². The Bertz CT molecular complexity index is 1280. The number of hydrogen-bond acceptors (Lipinski definition) is 0. The van der Waals surface area contributed by atoms with Gasteiger partial charge in [0.1, 0.15) is 0 Å². The van der Waals surface area contributed by atoms with E-state index < -0.39 is 0 Å². The number of rotatable bonds is 4. The Hall–Kier alpha value is -3.90. The quantitative estimate of drug-likeness (QED) is 0.285. The van der Waals surface area contributed by atoms with E-state index >= 15 is 0 Å². The van der Waals surface area contributed by atoms with Gasteiger partial charge in [0.05, 0.1) is 0 Å². The molecule has 0 aliphatic heterocycles. The molecule has 0 aliphatic rings. The van der Waals surface area contributed by atoms with Crippen molar-refractivity contribution in [3.05, 3.63) is 133 Å². The van der Waals surface area contributed by atoms with E-state index in [0.717, 1.165) is 0 Å². The fourth-order valence-electron chi connectivity index (χ4n) is 4.05. The summed E-state index contributed by atoms with van der Waals surface area (Å²) in [5, 5.41) is 0. The van der Waals surface area contributed by atoms with Gasteiger partial charge in [-0.2, -0.15) is 0 Å². The van der Waals surface area contributed by atoms with E-state index in [2.05, 4.69) is 134 Å². The summed E-state index contributed by atoms with van der Waals surface area (Å²) in [6.45, 7) is 2.13. The van der Waals surface area contributed by atoms with Gasteiger partial charge in [0.15, 0.2) is 0 Å². The Labute approximate surface area is 184 Å². The number of aryl methyl sites for hydroxylation is 1. The lowest BCUT2D eigenvalue weighted by molar-refractivity contribution is 1.47. The van der Waals surface area contributed by atoms with Gasteiger partial charge in [-0.25, -0.2) is 0 Å². The fraction of sp³-hybridized carbons (Fsp3) is 0.0323. The van der Waals surface area contributed by atoms with Crippen molar-refractivity contribution in [3.63, 3.8) is 0 Å². The Morgan fingerprint density at radius 1 is 0.290 bits per heavy atom. The van der Waals surface area contributed by atoms with E-state index in [1.165, 1.54) is 50.1 Å². The van der Waals surface area contributed by atoms with E-state index in [9.17, 15) is 0 Å². The first-order valence-electron chi connectivity index (χ1n) is 10.7. The second-order valence-corrected chi connectivity index (χ2v) is 7.93. The first-order valence-corrected chi connectivity index (χ1v) is 10.7. The predicted octanol–water partition coefficient (Wildman–Crippen LogP) is 8.66. The molecule has 0 fully saturated rings. The highest BCUT2D eigenvalue weighted by atomic mass is 14.1. The summed E-state index contributed by atoms with van der Waals surface area (Å²) >= 11 is 0. The van der Waals surface area contributed by atoms with Gasteiger partial charge in [-0.15, -0.1) is 0 Å². The van der Waals surface area contributed by atoms with Gasteiger partial charge in [-0.3, -0.25) is 0 Å². The molecule has 148 valence electrons. The lowest BCUT2D eigenvalue weighted by Gasteiger charge is -2.11. The van der Waals surface area contributed by atoms with Crippen molar-refractivity contribution in [2.45, 2.75) is 6.92 Å². The SMILES string of the molecule is Cc1ccc(-c2ccccc2-c2ccc(-c3ccc(-c4ccccc4)cc3)cc2)cc1. The first-order chi connectivity index (χ1) is 15.3. The molecule has 0 nitrogen and oxygen atoms in total. The molecule has 0 aromatic heterocycles. The van der Waals surface area contributed by atoms with Crippen LogP contribution in [-0.4, -0.2) is 0 Å². The molecular weight excluding hydrogens is 372 g/mol. The average Bonchev–Trinajstić information content (AvgIpc) is 2.85. The Balaban J connectivity index is 1.44. The molecule has 0 spiro atoms. The van der Waals surface area contributed by atoms with Crippen molar-refractivity contribution in [3.8, 4) is 44.5 Å². The summed E-state index contributed by atoms with van der Waals surface area (Å²) in [7, 11) is 0. The molecule has 0 N–H and O–H groups in total. The van der Waals surface area contributed by atoms with Crippen LogP contribution in [0.4, 0.5) is 0 Å². The van der Waals surface area contributed by atoms with Crippen LogP contribution in [0.3, 0.4) is 0 Å². The molecule has 0 amide bonds. The van der Waals surface area contributed by atoms with Crippen LogP contribution < -0.4 is 0 Å². The van der Waals surface area contributed by atoms with Gasteiger partial charge in [0.25, 0.3) is 0 Å². The summed E-state index contributed by atoms with van der Waals surface area (Å²) in [5.74, 6) is 0. The van der Waals surface area contributed by atoms with E-state index in [1.807, 2.05) is 0 Å². The summed E-state index contributed by atoms with van der Waals surface area (Å²) in [6, 6.07) is 45.6. The second kappa shape index (κ2) is 8.45. The number of benzene rings is 5. The van der Waals surface area contributed by atoms with Crippen LogP contribution in [0.2, 0.25) is 0 Å². The third-order valence-electron chi connectivity index (χ3n) is 5.81. The van der Waals surface area contributed by atoms with Crippen LogP contribution in [0.1, 0.15) is 5.56 Å². The summed E-state index contributed by atoms with van der Waals surface area (Å²) in [4.78, 5) is 0. The lowest BCUT2D eigenvalue weighted by Crippen LogP contribution is -1.86. The highest BCUT2D eigenvalue weighted by molar-refractivity contribution is 5.84. The molecule has 5 rings (SSSR count). The van der Waals surface area contributed by atoms with Crippen molar-refractivity contribution in [2.75, 3.05) is 0 Å². The van der Waals surface area contributed by atoms with Gasteiger partial charge in [0.2, 0.25) is 0 Å². The van der Waals surface area contributed by atoms with Gasteiger partial charge in [-0.05, 0) is 51.4 Å². The molecule has 0 heteroatoms. The van der Waals surface area contributed by atoms with Crippen molar-refractivity contribution in [2.24, 2.45) is 0 Å². The molecule has 0 unspecified atom stereocenters. The van der Waals surface area contributed by atoms with Crippen LogP contribution in [0.5, 0.6) is 0 Å². The minimum Gasteiger partial charge on any atom is -0.0622 e. The van der Waals surface area contributed by atoms with Gasteiger partial charge in [0, 0.05) is 0 Å². The molecule has 0 heterocycles. The zero-order valence-electron chi connectivity index (χ0n) is 17.6. The summed E-state index contributed by atoms with van der Waals surface area (Å²) in [5.41, 5.74) is 11.3. The molecule has 0 saturated heterocycles. The summed E-state index contributed by atoms with van der Waals surface area (Å²) < 4.78 is 0. The zero-order chi connectivity index (χ0) is 21.0. The summed E-state index contributed by atoms with van der Waals surface area (Å²) in [6.07, 6.45) is 0. The Morgan fingerprint density at radius 2 is 0.613 bits per heavy atom. The lowest BCUT2D eigenvalue weighted by atomic mass is 9.93. The molecule has 0 radical (unpaired) electrons. The number of hydrogen-bond donors (Lipinski definition) is 0. The predicted molar refractivity (Wildman–Crippen MR) is 133 cm³/mol. The third kappa shape index (κ3) is 4.06. The maximum Gasteiger partial charge on any atom is -0.0105 e. The van der Waals surface area contributed by atoms with Gasteiger partial charge < -0.3 is 0 Å². The molecule has 5 aromatic rings. The smallest absolute Gasteiger partial charge is 0.0105 e. The maximum atomic E-state index is 2.23. The normalized spacial score (nSPS) is 10.7. The van der Waals surface area contributed by atoms with Crippen LogP contribution >= 0.6 is 0 Å². The van der Waals surface area contributed by atoms with Crippen molar-refractivity contribution in [1.29, 1.82) is 0 Å². The molecule has 31 heavy (non-hydrogen) atoms. The van der Waals surface area contributed by atoms with Crippen LogP contribution in [-0.2, 0) is 0 Å². The van der Waals surface area contributed by atoms with Gasteiger partial charge in [-0.1, -0.05) is 133 Å². The molecule has 5 aromatic carbocycles. The average molecular weight is 397 g/mol. The van der Waals surface area contributed by atoms with Crippen LogP contribution in [0.25, 0.3) is 44.5 Å². The van der Waals surface area contributed by atoms with E-state index in [-0.39, 0.29) is 0 Å². The van der Waals surface area contributed by atoms with Crippen LogP contribution in [0, 0.1) is 6.92 Å². The zero-order valence-corrected chi connectivity index (χ0v) is 17.6. The molecule has 0 saturated carbocycles. The third-order valence-corrected chi connectivity index (χ3v) is 5.81. The fourth-order valence-corrected chi connectivity index (χ4v) is 4.05. The molecular formula is C31H24. The monoisotopic (exact) mass is 396 g/mol. The molecule has 0 atom stereocenters. The van der Waals surface area contributed by atoms with E-state index in [0.29, 0.717) is 0 Å². The molecule has 0 aliphatic carbocycles. The minimum atomic E-state index is 1.23. The Morgan fingerprint density at radius 3 is 1.06 bits per heavy atom. The standard InChI is InChI=1S/C31H24/c1-23-11-13-28(14-12-23)30-9-5-6-10-31(30)29-21-19-27(20-22-29)26-17-15-25(16-18-26)24-7-3-2-4-8-24/h2-22H,1H3. The largest absolute Gasteiger partial charge is 0.0622 e. The van der Waals surface area contributed by atoms with E-state index in [1.54, 1.807) is 0 Å². The topological polar surface area (TPSA) is 0 Å². The maximum absolute atomic E-state index is 2.23. The minimum absolute atomic E-state index is 1.23. The van der Waals surface area contributed by atoms with Gasteiger partial charge >= 0.3 is 0 Å². The first kappa shape index (κ1) is 19.1. The van der Waals surface area contributed by atoms with E-state index in [4.69, 9.17) is 0 Å². The molecule has 0 bridgehead atoms. The van der Waals surface area contributed by atoms with Crippen LogP contribution in [0.15, 0.2) is 127 Å². The highest BCUT2D eigenvalue weighted by Gasteiger charge is 2.08. The van der Waals surface area contributed by atoms with Crippen molar-refractivity contribution in [1.82, 2.24) is 0 Å². The Kier molecular flexibility index (Phi) is 5.21. The van der Waals surface area contributed by atoms with Crippen molar-refractivity contribution >= 4 is 0 Å². The second-order valence-electron chi connectivity index (χ2n) is 7.93.